The van der Waals surface area contributed by atoms with Gasteiger partial charge in [0.05, 0.1) is 12.4 Å². The molecule has 0 heterocycles. The molecule has 0 radical (unpaired) electrons. The van der Waals surface area contributed by atoms with Crippen LogP contribution in [0.25, 0.3) is 0 Å². The summed E-state index contributed by atoms with van der Waals surface area (Å²) in [6.07, 6.45) is 0. The smallest absolute Gasteiger partial charge is 0.239 e. The minimum absolute atomic E-state index is 0.0476. The van der Waals surface area contributed by atoms with Crippen LogP contribution in [0.1, 0.15) is 12.5 Å². The number of ether oxygens (including phenoxy) is 1. The van der Waals surface area contributed by atoms with Gasteiger partial charge < -0.3 is 10.1 Å². The number of anilines is 1. The molecular weight excluding hydrogens is 333 g/mol. The standard InChI is InChI=1S/C17H18FNO4S/c1-2-23-15-9-7-14(8-10-15)19-17(20)12-24(21,22)11-13-5-3-4-6-16(13)18/h3-10H,2,11-12H2,1H3,(H,19,20). The lowest BCUT2D eigenvalue weighted by atomic mass is 10.2. The first-order valence-electron chi connectivity index (χ1n) is 7.36. The van der Waals surface area contributed by atoms with E-state index in [0.29, 0.717) is 18.0 Å². The number of hydrogen-bond acceptors (Lipinski definition) is 4. The average Bonchev–Trinajstić information content (AvgIpc) is 2.51. The fraction of sp³-hybridized carbons (Fsp3) is 0.235. The highest BCUT2D eigenvalue weighted by atomic mass is 32.2. The van der Waals surface area contributed by atoms with Crippen LogP contribution in [0.4, 0.5) is 10.1 Å². The first kappa shape index (κ1) is 17.9. The number of carbonyl (C=O) groups is 1. The molecule has 5 nitrogen and oxygen atoms in total. The lowest BCUT2D eigenvalue weighted by Gasteiger charge is -2.08. The maximum Gasteiger partial charge on any atom is 0.239 e. The summed E-state index contributed by atoms with van der Waals surface area (Å²) in [6, 6.07) is 12.2. The van der Waals surface area contributed by atoms with E-state index in [4.69, 9.17) is 4.74 Å². The summed E-state index contributed by atoms with van der Waals surface area (Å²) in [4.78, 5) is 11.9. The van der Waals surface area contributed by atoms with Gasteiger partial charge in [0, 0.05) is 11.3 Å². The van der Waals surface area contributed by atoms with E-state index >= 15 is 0 Å². The number of hydrogen-bond donors (Lipinski definition) is 1. The van der Waals surface area contributed by atoms with Crippen molar-refractivity contribution in [1.29, 1.82) is 0 Å². The molecule has 128 valence electrons. The molecule has 2 rings (SSSR count). The molecule has 0 aliphatic carbocycles. The van der Waals surface area contributed by atoms with Crippen LogP contribution < -0.4 is 10.1 Å². The molecule has 0 aromatic heterocycles. The highest BCUT2D eigenvalue weighted by Gasteiger charge is 2.19. The van der Waals surface area contributed by atoms with E-state index in [0.717, 1.165) is 0 Å². The zero-order valence-corrected chi connectivity index (χ0v) is 14.0. The fourth-order valence-electron chi connectivity index (χ4n) is 2.10. The third-order valence-corrected chi connectivity index (χ3v) is 4.59. The lowest BCUT2D eigenvalue weighted by Crippen LogP contribution is -2.24. The molecule has 24 heavy (non-hydrogen) atoms. The predicted molar refractivity (Wildman–Crippen MR) is 90.1 cm³/mol. The van der Waals surface area contributed by atoms with Gasteiger partial charge in [-0.15, -0.1) is 0 Å². The third kappa shape index (κ3) is 5.34. The number of halogens is 1. The highest BCUT2D eigenvalue weighted by molar-refractivity contribution is 7.91. The lowest BCUT2D eigenvalue weighted by molar-refractivity contribution is -0.113. The minimum atomic E-state index is -3.77. The Morgan fingerprint density at radius 1 is 1.12 bits per heavy atom. The summed E-state index contributed by atoms with van der Waals surface area (Å²) in [6.45, 7) is 2.39. The third-order valence-electron chi connectivity index (χ3n) is 3.13. The van der Waals surface area contributed by atoms with Gasteiger partial charge in [0.25, 0.3) is 0 Å². The van der Waals surface area contributed by atoms with Crippen LogP contribution in [0.5, 0.6) is 5.75 Å². The Hall–Kier alpha value is -2.41. The van der Waals surface area contributed by atoms with E-state index in [1.54, 1.807) is 30.3 Å². The Kier molecular flexibility index (Phi) is 5.92. The molecule has 0 bridgehead atoms. The molecule has 0 saturated carbocycles. The minimum Gasteiger partial charge on any atom is -0.494 e. The first-order chi connectivity index (χ1) is 11.4. The summed E-state index contributed by atoms with van der Waals surface area (Å²) < 4.78 is 42.9. The highest BCUT2D eigenvalue weighted by Crippen LogP contribution is 2.16. The summed E-state index contributed by atoms with van der Waals surface area (Å²) in [7, 11) is -3.77. The summed E-state index contributed by atoms with van der Waals surface area (Å²) in [5.41, 5.74) is 0.510. The van der Waals surface area contributed by atoms with Crippen LogP contribution in [0.2, 0.25) is 0 Å². The van der Waals surface area contributed by atoms with E-state index in [2.05, 4.69) is 5.32 Å². The molecule has 0 saturated heterocycles. The Labute approximate surface area is 140 Å². The van der Waals surface area contributed by atoms with Gasteiger partial charge in [0.1, 0.15) is 17.3 Å². The van der Waals surface area contributed by atoms with Crippen molar-refractivity contribution in [1.82, 2.24) is 0 Å². The first-order valence-corrected chi connectivity index (χ1v) is 9.18. The summed E-state index contributed by atoms with van der Waals surface area (Å²) >= 11 is 0. The van der Waals surface area contributed by atoms with Gasteiger partial charge in [-0.2, -0.15) is 0 Å². The molecule has 1 N–H and O–H groups in total. The van der Waals surface area contributed by atoms with Gasteiger partial charge in [0.15, 0.2) is 9.84 Å². The molecule has 0 aliphatic rings. The van der Waals surface area contributed by atoms with Crippen molar-refractivity contribution in [3.05, 3.63) is 59.9 Å². The summed E-state index contributed by atoms with van der Waals surface area (Å²) in [5, 5.41) is 2.50. The van der Waals surface area contributed by atoms with Crippen LogP contribution in [-0.2, 0) is 20.4 Å². The summed E-state index contributed by atoms with van der Waals surface area (Å²) in [5.74, 6) is -1.85. The van der Waals surface area contributed by atoms with Crippen molar-refractivity contribution in [3.63, 3.8) is 0 Å². The van der Waals surface area contributed by atoms with Gasteiger partial charge in [-0.05, 0) is 37.3 Å². The van der Waals surface area contributed by atoms with Crippen LogP contribution in [-0.4, -0.2) is 26.7 Å². The zero-order chi connectivity index (χ0) is 17.6. The van der Waals surface area contributed by atoms with Gasteiger partial charge in [-0.25, -0.2) is 12.8 Å². The number of benzene rings is 2. The Morgan fingerprint density at radius 2 is 1.79 bits per heavy atom. The van der Waals surface area contributed by atoms with Gasteiger partial charge in [0.2, 0.25) is 5.91 Å². The van der Waals surface area contributed by atoms with E-state index < -0.39 is 33.1 Å². The molecule has 0 aliphatic heterocycles. The zero-order valence-electron chi connectivity index (χ0n) is 13.2. The predicted octanol–water partition coefficient (Wildman–Crippen LogP) is 2.78. The molecule has 2 aromatic rings. The second-order valence-corrected chi connectivity index (χ2v) is 7.19. The maximum absolute atomic E-state index is 13.5. The Bertz CT molecular complexity index is 804. The van der Waals surface area contributed by atoms with Crippen molar-refractivity contribution in [2.24, 2.45) is 0 Å². The van der Waals surface area contributed by atoms with Crippen LogP contribution >= 0.6 is 0 Å². The van der Waals surface area contributed by atoms with Crippen molar-refractivity contribution in [2.75, 3.05) is 17.7 Å². The topological polar surface area (TPSA) is 72.5 Å². The maximum atomic E-state index is 13.5. The number of sulfone groups is 1. The van der Waals surface area contributed by atoms with E-state index in [1.165, 1.54) is 18.2 Å². The monoisotopic (exact) mass is 351 g/mol. The Balaban J connectivity index is 1.96. The molecule has 0 atom stereocenters. The van der Waals surface area contributed by atoms with E-state index in [9.17, 15) is 17.6 Å². The molecule has 0 spiro atoms. The largest absolute Gasteiger partial charge is 0.494 e. The molecule has 0 fully saturated rings. The normalized spacial score (nSPS) is 11.1. The molecule has 7 heteroatoms. The van der Waals surface area contributed by atoms with Crippen molar-refractivity contribution in [2.45, 2.75) is 12.7 Å². The fourth-order valence-corrected chi connectivity index (χ4v) is 3.38. The van der Waals surface area contributed by atoms with Crippen LogP contribution in [0, 0.1) is 5.82 Å². The SMILES string of the molecule is CCOc1ccc(NC(=O)CS(=O)(=O)Cc2ccccc2F)cc1. The van der Waals surface area contributed by atoms with E-state index in [1.807, 2.05) is 6.92 Å². The van der Waals surface area contributed by atoms with Gasteiger partial charge >= 0.3 is 0 Å². The van der Waals surface area contributed by atoms with Crippen molar-refractivity contribution < 1.29 is 22.3 Å². The Morgan fingerprint density at radius 3 is 2.42 bits per heavy atom. The van der Waals surface area contributed by atoms with E-state index in [-0.39, 0.29) is 5.56 Å². The van der Waals surface area contributed by atoms with Crippen molar-refractivity contribution >= 4 is 21.4 Å². The average molecular weight is 351 g/mol. The number of carbonyl (C=O) groups excluding carboxylic acids is 1. The van der Waals surface area contributed by atoms with Crippen LogP contribution in [0.3, 0.4) is 0 Å². The number of rotatable bonds is 7. The van der Waals surface area contributed by atoms with Crippen molar-refractivity contribution in [3.8, 4) is 5.75 Å². The second-order valence-electron chi connectivity index (χ2n) is 5.13. The molecule has 1 amide bonds. The molecule has 2 aromatic carbocycles. The quantitative estimate of drug-likeness (QED) is 0.832. The van der Waals surface area contributed by atoms with Gasteiger partial charge in [-0.3, -0.25) is 4.79 Å². The van der Waals surface area contributed by atoms with Gasteiger partial charge in [-0.1, -0.05) is 18.2 Å². The number of amides is 1. The molecular formula is C17H18FNO4S. The second kappa shape index (κ2) is 7.92. The number of nitrogens with one attached hydrogen (secondary N) is 1. The van der Waals surface area contributed by atoms with Crippen LogP contribution in [0.15, 0.2) is 48.5 Å². The molecule has 0 unspecified atom stereocenters.